The Hall–Kier alpha value is -1.33. The van der Waals surface area contributed by atoms with E-state index in [0.717, 1.165) is 0 Å². The molecule has 1 heterocycles. The van der Waals surface area contributed by atoms with Gasteiger partial charge in [-0.25, -0.2) is 4.39 Å². The summed E-state index contributed by atoms with van der Waals surface area (Å²) in [5.74, 6) is -0.734. The van der Waals surface area contributed by atoms with E-state index in [1.807, 2.05) is 0 Å². The third-order valence-corrected chi connectivity index (χ3v) is 3.02. The van der Waals surface area contributed by atoms with Crippen LogP contribution in [0.25, 0.3) is 0 Å². The molecule has 0 saturated carbocycles. The van der Waals surface area contributed by atoms with Gasteiger partial charge in [-0.2, -0.15) is 0 Å². The maximum absolute atomic E-state index is 13.0. The number of Topliss-reactive ketones (excluding diaryl/α,β-unsaturated/α-hetero) is 1. The number of ether oxygens (including phenoxy) is 1. The molecule has 1 aromatic rings. The van der Waals surface area contributed by atoms with Crippen LogP contribution in [0.2, 0.25) is 0 Å². The smallest absolute Gasteiger partial charge is 0.220 e. The van der Waals surface area contributed by atoms with Crippen molar-refractivity contribution in [2.75, 3.05) is 26.3 Å². The fraction of sp³-hybridized carbons (Fsp3) is 0.333. The van der Waals surface area contributed by atoms with E-state index >= 15 is 0 Å². The summed E-state index contributed by atoms with van der Waals surface area (Å²) in [4.78, 5) is 14.0. The molecule has 0 unspecified atom stereocenters. The molecule has 0 N–H and O–H groups in total. The highest BCUT2D eigenvalue weighted by molar-refractivity contribution is 7.82. The lowest BCUT2D eigenvalue weighted by Crippen LogP contribution is -2.43. The van der Waals surface area contributed by atoms with Crippen LogP contribution in [0.4, 0.5) is 4.39 Å². The lowest BCUT2D eigenvalue weighted by atomic mass is 10.1. The zero-order valence-electron chi connectivity index (χ0n) is 9.19. The zero-order valence-corrected chi connectivity index (χ0v) is 10.0. The Morgan fingerprint density at radius 1 is 1.35 bits per heavy atom. The molecule has 0 bridgehead atoms. The van der Waals surface area contributed by atoms with E-state index in [9.17, 15) is 9.18 Å². The molecule has 1 aromatic carbocycles. The van der Waals surface area contributed by atoms with E-state index in [1.54, 1.807) is 11.0 Å². The molecule has 0 amide bonds. The van der Waals surface area contributed by atoms with Gasteiger partial charge in [0.15, 0.2) is 4.99 Å². The van der Waals surface area contributed by atoms with Gasteiger partial charge in [-0.3, -0.25) is 4.79 Å². The van der Waals surface area contributed by atoms with E-state index in [4.69, 9.17) is 17.0 Å². The van der Waals surface area contributed by atoms with Crippen molar-refractivity contribution in [1.82, 2.24) is 4.90 Å². The maximum Gasteiger partial charge on any atom is 0.220 e. The molecule has 90 valence electrons. The molecule has 1 fully saturated rings. The minimum absolute atomic E-state index is 0.235. The predicted octanol–water partition coefficient (Wildman–Crippen LogP) is 1.67. The van der Waals surface area contributed by atoms with Crippen LogP contribution in [-0.2, 0) is 4.74 Å². The Labute approximate surface area is 104 Å². The first-order valence-corrected chi connectivity index (χ1v) is 5.76. The van der Waals surface area contributed by atoms with Gasteiger partial charge in [0.25, 0.3) is 0 Å². The number of hydrogen-bond acceptors (Lipinski definition) is 3. The fourth-order valence-corrected chi connectivity index (χ4v) is 1.96. The molecule has 0 radical (unpaired) electrons. The van der Waals surface area contributed by atoms with Crippen LogP contribution in [0.1, 0.15) is 10.4 Å². The monoisotopic (exact) mass is 253 g/mol. The largest absolute Gasteiger partial charge is 0.378 e. The van der Waals surface area contributed by atoms with Crippen LogP contribution < -0.4 is 0 Å². The van der Waals surface area contributed by atoms with Crippen molar-refractivity contribution in [2.45, 2.75) is 0 Å². The summed E-state index contributed by atoms with van der Waals surface area (Å²) >= 11 is 5.12. The normalized spacial score (nSPS) is 15.7. The number of carbonyl (C=O) groups excluding carboxylic acids is 1. The van der Waals surface area contributed by atoms with E-state index in [0.29, 0.717) is 31.9 Å². The lowest BCUT2D eigenvalue weighted by Gasteiger charge is -2.28. The van der Waals surface area contributed by atoms with Gasteiger partial charge in [-0.05, 0) is 12.1 Å². The van der Waals surface area contributed by atoms with Crippen molar-refractivity contribution in [2.24, 2.45) is 0 Å². The topological polar surface area (TPSA) is 29.5 Å². The molecule has 0 aliphatic carbocycles. The SMILES string of the molecule is O=C(C(=S)N1CCOCC1)c1cccc(F)c1. The summed E-state index contributed by atoms with van der Waals surface area (Å²) < 4.78 is 18.2. The standard InChI is InChI=1S/C12H12FNO2S/c13-10-3-1-2-9(8-10)11(15)12(17)14-4-6-16-7-5-14/h1-3,8H,4-7H2. The minimum atomic E-state index is -0.430. The molecule has 0 spiro atoms. The van der Waals surface area contributed by atoms with Gasteiger partial charge >= 0.3 is 0 Å². The van der Waals surface area contributed by atoms with Crippen LogP contribution in [0.15, 0.2) is 24.3 Å². The summed E-state index contributed by atoms with van der Waals surface area (Å²) in [5.41, 5.74) is 0.293. The Bertz CT molecular complexity index is 444. The van der Waals surface area contributed by atoms with Crippen LogP contribution in [-0.4, -0.2) is 42.0 Å². The van der Waals surface area contributed by atoms with E-state index in [2.05, 4.69) is 0 Å². The van der Waals surface area contributed by atoms with Gasteiger partial charge in [0.05, 0.1) is 13.2 Å². The molecular weight excluding hydrogens is 241 g/mol. The highest BCUT2D eigenvalue weighted by Gasteiger charge is 2.21. The quantitative estimate of drug-likeness (QED) is 0.592. The second kappa shape index (κ2) is 5.33. The van der Waals surface area contributed by atoms with Crippen molar-refractivity contribution < 1.29 is 13.9 Å². The molecule has 1 aliphatic heterocycles. The summed E-state index contributed by atoms with van der Waals surface area (Å²) in [6.45, 7) is 2.35. The van der Waals surface area contributed by atoms with Crippen LogP contribution in [0.5, 0.6) is 0 Å². The van der Waals surface area contributed by atoms with Crippen molar-refractivity contribution in [3.63, 3.8) is 0 Å². The highest BCUT2D eigenvalue weighted by atomic mass is 32.1. The van der Waals surface area contributed by atoms with Gasteiger partial charge in [0.1, 0.15) is 5.82 Å². The molecule has 0 atom stereocenters. The lowest BCUT2D eigenvalue weighted by molar-refractivity contribution is 0.0670. The molecular formula is C12H12FNO2S. The first-order chi connectivity index (χ1) is 8.18. The number of rotatable bonds is 2. The third-order valence-electron chi connectivity index (χ3n) is 2.58. The molecule has 3 nitrogen and oxygen atoms in total. The summed E-state index contributed by atoms with van der Waals surface area (Å²) in [7, 11) is 0. The first-order valence-electron chi connectivity index (χ1n) is 5.35. The average Bonchev–Trinajstić information content (AvgIpc) is 2.38. The zero-order chi connectivity index (χ0) is 12.3. The van der Waals surface area contributed by atoms with E-state index in [1.165, 1.54) is 18.2 Å². The average molecular weight is 253 g/mol. The summed E-state index contributed by atoms with van der Waals surface area (Å²) in [6, 6.07) is 5.58. The number of morpholine rings is 1. The van der Waals surface area contributed by atoms with Crippen molar-refractivity contribution in [3.05, 3.63) is 35.6 Å². The number of carbonyl (C=O) groups is 1. The molecule has 1 saturated heterocycles. The van der Waals surface area contributed by atoms with Gasteiger partial charge in [0.2, 0.25) is 5.78 Å². The molecule has 17 heavy (non-hydrogen) atoms. The molecule has 5 heteroatoms. The van der Waals surface area contributed by atoms with Gasteiger partial charge in [-0.1, -0.05) is 24.4 Å². The molecule has 1 aliphatic rings. The summed E-state index contributed by atoms with van der Waals surface area (Å²) in [5, 5.41) is 0. The number of thiocarbonyl (C=S) groups is 1. The maximum atomic E-state index is 13.0. The van der Waals surface area contributed by atoms with Crippen molar-refractivity contribution in [3.8, 4) is 0 Å². The minimum Gasteiger partial charge on any atom is -0.378 e. The van der Waals surface area contributed by atoms with Gasteiger partial charge in [0, 0.05) is 18.7 Å². The van der Waals surface area contributed by atoms with Crippen LogP contribution in [0.3, 0.4) is 0 Å². The first kappa shape index (κ1) is 12.1. The number of nitrogens with zero attached hydrogens (tertiary/aromatic N) is 1. The Balaban J connectivity index is 2.11. The van der Waals surface area contributed by atoms with Crippen molar-refractivity contribution >= 4 is 23.0 Å². The number of halogens is 1. The van der Waals surface area contributed by atoms with Crippen LogP contribution >= 0.6 is 12.2 Å². The number of ketones is 1. The Morgan fingerprint density at radius 3 is 2.71 bits per heavy atom. The number of hydrogen-bond donors (Lipinski definition) is 0. The third kappa shape index (κ3) is 2.87. The van der Waals surface area contributed by atoms with Crippen molar-refractivity contribution in [1.29, 1.82) is 0 Å². The summed E-state index contributed by atoms with van der Waals surface area (Å²) in [6.07, 6.45) is 0. The Kier molecular flexibility index (Phi) is 3.81. The second-order valence-electron chi connectivity index (χ2n) is 3.74. The van der Waals surface area contributed by atoms with Gasteiger partial charge in [-0.15, -0.1) is 0 Å². The van der Waals surface area contributed by atoms with E-state index in [-0.39, 0.29) is 10.8 Å². The number of benzene rings is 1. The predicted molar refractivity (Wildman–Crippen MR) is 65.7 cm³/mol. The molecule has 2 rings (SSSR count). The van der Waals surface area contributed by atoms with E-state index < -0.39 is 5.82 Å². The second-order valence-corrected chi connectivity index (χ2v) is 4.13. The Morgan fingerprint density at radius 2 is 2.06 bits per heavy atom. The van der Waals surface area contributed by atoms with Gasteiger partial charge < -0.3 is 9.64 Å². The highest BCUT2D eigenvalue weighted by Crippen LogP contribution is 2.09. The molecule has 0 aromatic heterocycles. The fourth-order valence-electron chi connectivity index (χ4n) is 1.66. The van der Waals surface area contributed by atoms with Crippen LogP contribution in [0, 0.1) is 5.82 Å².